The van der Waals surface area contributed by atoms with Crippen LogP contribution in [-0.4, -0.2) is 35.0 Å². The zero-order chi connectivity index (χ0) is 13.6. The first-order valence-corrected chi connectivity index (χ1v) is 7.52. The monoisotopic (exact) mass is 279 g/mol. The molecular weight excluding hydrogens is 262 g/mol. The first-order chi connectivity index (χ1) is 9.08. The number of aliphatic carboxylic acids is 1. The van der Waals surface area contributed by atoms with E-state index in [9.17, 15) is 14.7 Å². The van der Waals surface area contributed by atoms with E-state index in [1.54, 1.807) is 4.90 Å². The number of carbonyl (C=O) groups excluding carboxylic acids is 1. The van der Waals surface area contributed by atoms with Crippen LogP contribution in [0.25, 0.3) is 0 Å². The first kappa shape index (κ1) is 12.7. The standard InChI is InChI=1S/C14H17NO3S/c1-8-4-5-19-12(8)13(16)15-6-10(9-2-3-9)11(7-15)14(17)18/h4-5,9-11H,2-3,6-7H2,1H3,(H,17,18)/t10-,11+/m1/s1. The number of thiophene rings is 1. The predicted octanol–water partition coefficient (Wildman–Crippen LogP) is 2.24. The minimum absolute atomic E-state index is 0.00176. The predicted molar refractivity (Wildman–Crippen MR) is 72.3 cm³/mol. The molecule has 5 heteroatoms. The average molecular weight is 279 g/mol. The Balaban J connectivity index is 1.78. The Bertz CT molecular complexity index is 521. The second-order valence-electron chi connectivity index (χ2n) is 5.59. The highest BCUT2D eigenvalue weighted by Crippen LogP contribution is 2.44. The van der Waals surface area contributed by atoms with Crippen molar-refractivity contribution in [3.63, 3.8) is 0 Å². The maximum absolute atomic E-state index is 12.4. The number of hydrogen-bond donors (Lipinski definition) is 1. The summed E-state index contributed by atoms with van der Waals surface area (Å²) in [7, 11) is 0. The summed E-state index contributed by atoms with van der Waals surface area (Å²) in [6.45, 7) is 2.90. The fourth-order valence-corrected chi connectivity index (χ4v) is 3.89. The minimum atomic E-state index is -0.755. The number of rotatable bonds is 3. The molecule has 1 amide bonds. The molecule has 2 heterocycles. The third-order valence-electron chi connectivity index (χ3n) is 4.25. The Labute approximate surface area is 116 Å². The van der Waals surface area contributed by atoms with Crippen molar-refractivity contribution in [3.8, 4) is 0 Å². The summed E-state index contributed by atoms with van der Waals surface area (Å²) in [5.74, 6) is -0.459. The van der Waals surface area contributed by atoms with Gasteiger partial charge in [-0.25, -0.2) is 0 Å². The number of carbonyl (C=O) groups is 2. The SMILES string of the molecule is Cc1ccsc1C(=O)N1C[C@H](C(=O)O)[C@@H](C2CC2)C1. The van der Waals surface area contributed by atoms with Gasteiger partial charge in [-0.15, -0.1) is 11.3 Å². The molecule has 1 aliphatic heterocycles. The molecule has 1 saturated carbocycles. The lowest BCUT2D eigenvalue weighted by Crippen LogP contribution is -2.29. The molecule has 102 valence electrons. The van der Waals surface area contributed by atoms with Gasteiger partial charge in [0.2, 0.25) is 0 Å². The summed E-state index contributed by atoms with van der Waals surface area (Å²) in [5, 5.41) is 11.2. The van der Waals surface area contributed by atoms with Crippen LogP contribution >= 0.6 is 11.3 Å². The van der Waals surface area contributed by atoms with Crippen molar-refractivity contribution in [3.05, 3.63) is 21.9 Å². The first-order valence-electron chi connectivity index (χ1n) is 6.64. The van der Waals surface area contributed by atoms with Crippen LogP contribution in [0.3, 0.4) is 0 Å². The van der Waals surface area contributed by atoms with E-state index in [2.05, 4.69) is 0 Å². The summed E-state index contributed by atoms with van der Waals surface area (Å²) < 4.78 is 0. The zero-order valence-electron chi connectivity index (χ0n) is 10.8. The number of carboxylic acid groups (broad SMARTS) is 1. The Morgan fingerprint density at radius 3 is 2.63 bits per heavy atom. The molecule has 2 aliphatic rings. The van der Waals surface area contributed by atoms with Crippen molar-refractivity contribution < 1.29 is 14.7 Å². The molecule has 1 aliphatic carbocycles. The van der Waals surface area contributed by atoms with Crippen LogP contribution in [0.15, 0.2) is 11.4 Å². The maximum Gasteiger partial charge on any atom is 0.308 e. The van der Waals surface area contributed by atoms with Crippen molar-refractivity contribution in [2.45, 2.75) is 19.8 Å². The molecule has 0 aromatic carbocycles. The van der Waals surface area contributed by atoms with E-state index in [1.165, 1.54) is 11.3 Å². The van der Waals surface area contributed by atoms with Gasteiger partial charge in [0, 0.05) is 13.1 Å². The van der Waals surface area contributed by atoms with Crippen LogP contribution in [0.1, 0.15) is 28.1 Å². The molecule has 3 rings (SSSR count). The van der Waals surface area contributed by atoms with Gasteiger partial charge in [-0.2, -0.15) is 0 Å². The highest BCUT2D eigenvalue weighted by atomic mass is 32.1. The number of aryl methyl sites for hydroxylation is 1. The lowest BCUT2D eigenvalue weighted by atomic mass is 9.92. The molecule has 1 N–H and O–H groups in total. The largest absolute Gasteiger partial charge is 0.481 e. The van der Waals surface area contributed by atoms with Gasteiger partial charge in [0.05, 0.1) is 10.8 Å². The highest BCUT2D eigenvalue weighted by molar-refractivity contribution is 7.12. The van der Waals surface area contributed by atoms with Crippen molar-refractivity contribution in [1.82, 2.24) is 4.90 Å². The van der Waals surface area contributed by atoms with Gasteiger partial charge in [0.1, 0.15) is 0 Å². The summed E-state index contributed by atoms with van der Waals surface area (Å²) in [5.41, 5.74) is 0.983. The van der Waals surface area contributed by atoms with E-state index in [4.69, 9.17) is 0 Å². The van der Waals surface area contributed by atoms with Crippen LogP contribution in [0, 0.1) is 24.7 Å². The van der Waals surface area contributed by atoms with Crippen molar-refractivity contribution in [2.24, 2.45) is 17.8 Å². The molecule has 0 spiro atoms. The summed E-state index contributed by atoms with van der Waals surface area (Å²) in [4.78, 5) is 26.2. The number of hydrogen-bond acceptors (Lipinski definition) is 3. The van der Waals surface area contributed by atoms with Crippen LogP contribution in [0.4, 0.5) is 0 Å². The number of likely N-dealkylation sites (tertiary alicyclic amines) is 1. The van der Waals surface area contributed by atoms with Gasteiger partial charge in [0.25, 0.3) is 5.91 Å². The lowest BCUT2D eigenvalue weighted by Gasteiger charge is -2.15. The van der Waals surface area contributed by atoms with E-state index in [0.29, 0.717) is 19.0 Å². The molecular formula is C14H17NO3S. The molecule has 1 aromatic rings. The molecule has 0 unspecified atom stereocenters. The van der Waals surface area contributed by atoms with E-state index in [-0.39, 0.29) is 17.7 Å². The van der Waals surface area contributed by atoms with Gasteiger partial charge in [-0.1, -0.05) is 0 Å². The minimum Gasteiger partial charge on any atom is -0.481 e. The van der Waals surface area contributed by atoms with E-state index in [0.717, 1.165) is 23.3 Å². The summed E-state index contributed by atoms with van der Waals surface area (Å²) in [6.07, 6.45) is 2.24. The molecule has 0 radical (unpaired) electrons. The van der Waals surface area contributed by atoms with Gasteiger partial charge >= 0.3 is 5.97 Å². The quantitative estimate of drug-likeness (QED) is 0.923. The van der Waals surface area contributed by atoms with Gasteiger partial charge in [0.15, 0.2) is 0 Å². The second-order valence-corrected chi connectivity index (χ2v) is 6.51. The van der Waals surface area contributed by atoms with Gasteiger partial charge in [-0.3, -0.25) is 9.59 Å². The highest BCUT2D eigenvalue weighted by Gasteiger charge is 2.47. The normalized spacial score (nSPS) is 26.7. The third-order valence-corrected chi connectivity index (χ3v) is 5.26. The fourth-order valence-electron chi connectivity index (χ4n) is 2.99. The second kappa shape index (κ2) is 4.63. The number of nitrogens with zero attached hydrogens (tertiary/aromatic N) is 1. The van der Waals surface area contributed by atoms with E-state index >= 15 is 0 Å². The molecule has 19 heavy (non-hydrogen) atoms. The Morgan fingerprint density at radius 1 is 1.37 bits per heavy atom. The Morgan fingerprint density at radius 2 is 2.11 bits per heavy atom. The van der Waals surface area contributed by atoms with Crippen LogP contribution < -0.4 is 0 Å². The van der Waals surface area contributed by atoms with Crippen molar-refractivity contribution in [2.75, 3.05) is 13.1 Å². The average Bonchev–Trinajstić information content (AvgIpc) is 2.97. The van der Waals surface area contributed by atoms with Gasteiger partial charge in [-0.05, 0) is 48.6 Å². The molecule has 2 atom stereocenters. The smallest absolute Gasteiger partial charge is 0.308 e. The van der Waals surface area contributed by atoms with Crippen molar-refractivity contribution >= 4 is 23.2 Å². The third kappa shape index (κ3) is 2.27. The van der Waals surface area contributed by atoms with Crippen LogP contribution in [-0.2, 0) is 4.79 Å². The van der Waals surface area contributed by atoms with Gasteiger partial charge < -0.3 is 10.0 Å². The lowest BCUT2D eigenvalue weighted by molar-refractivity contribution is -0.142. The van der Waals surface area contributed by atoms with E-state index < -0.39 is 5.97 Å². The molecule has 1 aromatic heterocycles. The summed E-state index contributed by atoms with van der Waals surface area (Å²) >= 11 is 1.44. The topological polar surface area (TPSA) is 57.6 Å². The van der Waals surface area contributed by atoms with Crippen LogP contribution in [0.2, 0.25) is 0 Å². The van der Waals surface area contributed by atoms with E-state index in [1.807, 2.05) is 18.4 Å². The zero-order valence-corrected chi connectivity index (χ0v) is 11.7. The fraction of sp³-hybridized carbons (Fsp3) is 0.571. The molecule has 0 bridgehead atoms. The molecule has 2 fully saturated rings. The maximum atomic E-state index is 12.4. The Kier molecular flexibility index (Phi) is 3.09. The molecule has 4 nitrogen and oxygen atoms in total. The Hall–Kier alpha value is -1.36. The number of carboxylic acids is 1. The molecule has 1 saturated heterocycles. The number of amides is 1. The summed E-state index contributed by atoms with van der Waals surface area (Å²) in [6, 6.07) is 1.93. The van der Waals surface area contributed by atoms with Crippen molar-refractivity contribution in [1.29, 1.82) is 0 Å². The van der Waals surface area contributed by atoms with Crippen LogP contribution in [0.5, 0.6) is 0 Å².